The topological polar surface area (TPSA) is 123 Å². The number of hydrogen-bond donors (Lipinski definition) is 1. The SMILES string of the molecule is CN(CCc1nc(C(=O)Nc2ncccc2F)cs1)C(=O)OC(C)(C)C.c1ccc2onnc2c1. The summed E-state index contributed by atoms with van der Waals surface area (Å²) in [4.78, 5) is 33.5. The van der Waals surface area contributed by atoms with Crippen LogP contribution < -0.4 is 5.32 Å². The maximum atomic E-state index is 13.5. The summed E-state index contributed by atoms with van der Waals surface area (Å²) in [5.41, 5.74) is 1.16. The number of carbonyl (C=O) groups is 2. The highest BCUT2D eigenvalue weighted by atomic mass is 32.1. The first-order chi connectivity index (χ1) is 16.6. The molecule has 0 bridgehead atoms. The molecule has 2 amide bonds. The maximum absolute atomic E-state index is 13.5. The molecule has 0 aliphatic carbocycles. The molecule has 4 aromatic rings. The number of fused-ring (bicyclic) bond motifs is 1. The first-order valence-electron chi connectivity index (χ1n) is 10.6. The summed E-state index contributed by atoms with van der Waals surface area (Å²) in [5.74, 6) is -1.29. The van der Waals surface area contributed by atoms with Gasteiger partial charge in [0.05, 0.1) is 5.01 Å². The van der Waals surface area contributed by atoms with Crippen molar-refractivity contribution >= 4 is 40.3 Å². The van der Waals surface area contributed by atoms with Crippen LogP contribution in [0.15, 0.2) is 52.5 Å². The summed E-state index contributed by atoms with van der Waals surface area (Å²) in [6.07, 6.45) is 1.45. The van der Waals surface area contributed by atoms with Crippen LogP contribution in [-0.4, -0.2) is 56.4 Å². The van der Waals surface area contributed by atoms with Crippen molar-refractivity contribution < 1.29 is 23.2 Å². The van der Waals surface area contributed by atoms with Gasteiger partial charge in [-0.05, 0) is 45.0 Å². The van der Waals surface area contributed by atoms with Crippen molar-refractivity contribution in [3.63, 3.8) is 0 Å². The number of rotatable bonds is 5. The number of nitrogens with zero attached hydrogens (tertiary/aromatic N) is 5. The van der Waals surface area contributed by atoms with Crippen LogP contribution in [0.25, 0.3) is 11.1 Å². The van der Waals surface area contributed by atoms with E-state index in [0.29, 0.717) is 18.0 Å². The van der Waals surface area contributed by atoms with Gasteiger partial charge in [-0.2, -0.15) is 0 Å². The smallest absolute Gasteiger partial charge is 0.410 e. The number of likely N-dealkylation sites (N-methyl/N-ethyl adjacent to an activating group) is 1. The van der Waals surface area contributed by atoms with E-state index < -0.39 is 23.4 Å². The van der Waals surface area contributed by atoms with Crippen molar-refractivity contribution in [2.75, 3.05) is 18.9 Å². The van der Waals surface area contributed by atoms with Gasteiger partial charge in [-0.1, -0.05) is 12.1 Å². The minimum atomic E-state index is -0.615. The van der Waals surface area contributed by atoms with Crippen molar-refractivity contribution in [2.24, 2.45) is 0 Å². The number of halogens is 1. The lowest BCUT2D eigenvalue weighted by Crippen LogP contribution is -2.35. The number of aromatic nitrogens is 4. The number of thiazole rings is 1. The Hall–Kier alpha value is -3.93. The number of pyridine rings is 1. The lowest BCUT2D eigenvalue weighted by Gasteiger charge is -2.24. The van der Waals surface area contributed by atoms with Gasteiger partial charge in [0.1, 0.15) is 16.8 Å². The summed E-state index contributed by atoms with van der Waals surface area (Å²) in [6, 6.07) is 10.1. The highest BCUT2D eigenvalue weighted by molar-refractivity contribution is 7.09. The minimum absolute atomic E-state index is 0.142. The monoisotopic (exact) mass is 500 g/mol. The Kier molecular flexibility index (Phi) is 8.42. The number of hydrogen-bond acceptors (Lipinski definition) is 9. The van der Waals surface area contributed by atoms with Gasteiger partial charge in [0.25, 0.3) is 5.91 Å². The zero-order chi connectivity index (χ0) is 25.4. The molecule has 3 heterocycles. The van der Waals surface area contributed by atoms with Crippen molar-refractivity contribution in [2.45, 2.75) is 32.8 Å². The van der Waals surface area contributed by atoms with E-state index in [1.54, 1.807) is 33.2 Å². The zero-order valence-corrected chi connectivity index (χ0v) is 20.5. The van der Waals surface area contributed by atoms with E-state index >= 15 is 0 Å². The first-order valence-corrected chi connectivity index (χ1v) is 11.5. The predicted octanol–water partition coefficient (Wildman–Crippen LogP) is 4.56. The molecule has 0 saturated carbocycles. The van der Waals surface area contributed by atoms with E-state index in [9.17, 15) is 14.0 Å². The van der Waals surface area contributed by atoms with Crippen molar-refractivity contribution in [1.82, 2.24) is 25.2 Å². The largest absolute Gasteiger partial charge is 0.444 e. The third-order valence-electron chi connectivity index (χ3n) is 4.29. The quantitative estimate of drug-likeness (QED) is 0.423. The predicted molar refractivity (Wildman–Crippen MR) is 129 cm³/mol. The van der Waals surface area contributed by atoms with Crippen molar-refractivity contribution in [3.8, 4) is 0 Å². The van der Waals surface area contributed by atoms with Crippen LogP contribution in [0, 0.1) is 5.82 Å². The molecule has 1 N–H and O–H groups in total. The van der Waals surface area contributed by atoms with Gasteiger partial charge in [-0.15, -0.1) is 16.4 Å². The molecule has 0 spiro atoms. The zero-order valence-electron chi connectivity index (χ0n) is 19.7. The Balaban J connectivity index is 0.000000313. The van der Waals surface area contributed by atoms with E-state index in [-0.39, 0.29) is 11.5 Å². The van der Waals surface area contributed by atoms with Crippen LogP contribution in [0.5, 0.6) is 0 Å². The second-order valence-electron chi connectivity index (χ2n) is 8.31. The number of nitrogens with one attached hydrogen (secondary N) is 1. The molecule has 0 aliphatic rings. The van der Waals surface area contributed by atoms with Crippen LogP contribution >= 0.6 is 11.3 Å². The van der Waals surface area contributed by atoms with E-state index in [1.807, 2.05) is 24.3 Å². The number of anilines is 1. The van der Waals surface area contributed by atoms with Crippen LogP contribution in [0.2, 0.25) is 0 Å². The lowest BCUT2D eigenvalue weighted by atomic mass is 10.2. The standard InChI is InChI=1S/C17H21FN4O3S.C6H4N2O/c1-17(2,3)25-16(24)22(4)9-7-13-20-12(10-26-13)15(23)21-14-11(18)6-5-8-19-14;1-2-4-6-5(3-1)7-8-9-6/h5-6,8,10H,7,9H2,1-4H3,(H,19,21,23);1-4H. The average Bonchev–Trinajstić information content (AvgIpc) is 3.48. The van der Waals surface area contributed by atoms with Gasteiger partial charge in [0.2, 0.25) is 0 Å². The molecule has 3 aromatic heterocycles. The summed E-state index contributed by atoms with van der Waals surface area (Å²) in [7, 11) is 1.64. The fraction of sp³-hybridized carbons (Fsp3) is 0.304. The summed E-state index contributed by atoms with van der Waals surface area (Å²) in [6.45, 7) is 5.80. The number of ether oxygens (including phenoxy) is 1. The van der Waals surface area contributed by atoms with Crippen LogP contribution in [-0.2, 0) is 11.2 Å². The molecule has 0 aliphatic heterocycles. The van der Waals surface area contributed by atoms with Gasteiger partial charge < -0.3 is 19.5 Å². The van der Waals surface area contributed by atoms with Crippen LogP contribution in [0.4, 0.5) is 15.0 Å². The third kappa shape index (κ3) is 7.81. The van der Waals surface area contributed by atoms with Gasteiger partial charge in [0, 0.05) is 36.9 Å². The molecule has 0 radical (unpaired) electrons. The minimum Gasteiger partial charge on any atom is -0.444 e. The average molecular weight is 501 g/mol. The number of benzene rings is 1. The normalized spacial score (nSPS) is 10.9. The highest BCUT2D eigenvalue weighted by Gasteiger charge is 2.20. The molecular formula is C23H25FN6O4S. The van der Waals surface area contributed by atoms with Crippen molar-refractivity contribution in [1.29, 1.82) is 0 Å². The molecule has 184 valence electrons. The van der Waals surface area contributed by atoms with Gasteiger partial charge in [-0.3, -0.25) is 4.79 Å². The van der Waals surface area contributed by atoms with E-state index in [4.69, 9.17) is 9.26 Å². The molecule has 0 atom stereocenters. The fourth-order valence-electron chi connectivity index (χ4n) is 2.60. The van der Waals surface area contributed by atoms with Gasteiger partial charge in [-0.25, -0.2) is 19.2 Å². The van der Waals surface area contributed by atoms with Crippen LogP contribution in [0.3, 0.4) is 0 Å². The molecule has 1 aromatic carbocycles. The highest BCUT2D eigenvalue weighted by Crippen LogP contribution is 2.15. The summed E-state index contributed by atoms with van der Waals surface area (Å²) < 4.78 is 23.6. The van der Waals surface area contributed by atoms with Crippen molar-refractivity contribution in [3.05, 3.63) is 64.5 Å². The maximum Gasteiger partial charge on any atom is 0.410 e. The third-order valence-corrected chi connectivity index (χ3v) is 5.20. The molecule has 0 saturated heterocycles. The van der Waals surface area contributed by atoms with E-state index in [1.165, 1.54) is 34.6 Å². The van der Waals surface area contributed by atoms with Gasteiger partial charge in [0.15, 0.2) is 17.2 Å². The lowest BCUT2D eigenvalue weighted by molar-refractivity contribution is 0.0300. The second kappa shape index (κ2) is 11.5. The van der Waals surface area contributed by atoms with Gasteiger partial charge >= 0.3 is 6.09 Å². The molecule has 0 unspecified atom stereocenters. The summed E-state index contributed by atoms with van der Waals surface area (Å²) >= 11 is 1.29. The Morgan fingerprint density at radius 2 is 1.97 bits per heavy atom. The molecule has 12 heteroatoms. The number of amides is 2. The fourth-order valence-corrected chi connectivity index (χ4v) is 3.37. The molecular weight excluding hydrogens is 475 g/mol. The second-order valence-corrected chi connectivity index (χ2v) is 9.25. The molecule has 10 nitrogen and oxygen atoms in total. The number of para-hydroxylation sites is 1. The Morgan fingerprint density at radius 1 is 1.20 bits per heavy atom. The molecule has 4 rings (SSSR count). The van der Waals surface area contributed by atoms with Crippen LogP contribution in [0.1, 0.15) is 36.3 Å². The Morgan fingerprint density at radius 3 is 2.69 bits per heavy atom. The van der Waals surface area contributed by atoms with E-state index in [2.05, 4.69) is 25.7 Å². The molecule has 0 fully saturated rings. The Bertz CT molecular complexity index is 1260. The molecule has 35 heavy (non-hydrogen) atoms. The Labute approximate surface area is 205 Å². The van der Waals surface area contributed by atoms with E-state index in [0.717, 1.165) is 11.1 Å². The first kappa shape index (κ1) is 25.7. The number of carbonyl (C=O) groups excluding carboxylic acids is 2. The summed E-state index contributed by atoms with van der Waals surface area (Å²) in [5, 5.41) is 11.7.